The highest BCUT2D eigenvalue weighted by atomic mass is 35.5. The first-order valence-electron chi connectivity index (χ1n) is 14.8. The van der Waals surface area contributed by atoms with Gasteiger partial charge in [0.25, 0.3) is 11.5 Å². The molecule has 2 aliphatic heterocycles. The Morgan fingerprint density at radius 1 is 1.13 bits per heavy atom. The van der Waals surface area contributed by atoms with Gasteiger partial charge in [0.2, 0.25) is 11.8 Å². The zero-order valence-corrected chi connectivity index (χ0v) is 26.5. The third kappa shape index (κ3) is 5.65. The van der Waals surface area contributed by atoms with Crippen LogP contribution in [0.5, 0.6) is 11.6 Å². The molecule has 0 spiro atoms. The second kappa shape index (κ2) is 12.5. The second-order valence-electron chi connectivity index (χ2n) is 11.4. The summed E-state index contributed by atoms with van der Waals surface area (Å²) >= 11 is 6.86. The Labute approximate surface area is 269 Å². The number of benzene rings is 2. The Balaban J connectivity index is 1.29. The molecule has 13 heteroatoms. The molecule has 4 heterocycles. The van der Waals surface area contributed by atoms with Gasteiger partial charge in [0.1, 0.15) is 17.9 Å². The van der Waals surface area contributed by atoms with Crippen molar-refractivity contribution in [1.82, 2.24) is 24.8 Å². The van der Waals surface area contributed by atoms with Gasteiger partial charge in [-0.15, -0.1) is 0 Å². The average Bonchev–Trinajstić information content (AvgIpc) is 3.66. The van der Waals surface area contributed by atoms with Crippen LogP contribution in [0, 0.1) is 6.92 Å². The van der Waals surface area contributed by atoms with E-state index in [1.807, 2.05) is 37.3 Å². The van der Waals surface area contributed by atoms with E-state index in [4.69, 9.17) is 26.1 Å². The van der Waals surface area contributed by atoms with Crippen molar-refractivity contribution in [3.63, 3.8) is 0 Å². The number of anilines is 1. The van der Waals surface area contributed by atoms with Gasteiger partial charge in [0, 0.05) is 56.5 Å². The molecule has 12 nitrogen and oxygen atoms in total. The molecule has 6 rings (SSSR count). The molecule has 0 saturated carbocycles. The van der Waals surface area contributed by atoms with Crippen LogP contribution in [-0.4, -0.2) is 52.2 Å². The zero-order chi connectivity index (χ0) is 32.7. The van der Waals surface area contributed by atoms with Crippen LogP contribution in [0.1, 0.15) is 40.4 Å². The first kappa shape index (κ1) is 31.1. The summed E-state index contributed by atoms with van der Waals surface area (Å²) < 4.78 is 13.8. The van der Waals surface area contributed by atoms with Gasteiger partial charge < -0.3 is 30.0 Å². The van der Waals surface area contributed by atoms with Crippen LogP contribution in [0.3, 0.4) is 0 Å². The minimum Gasteiger partial charge on any atom is -0.491 e. The highest BCUT2D eigenvalue weighted by Gasteiger charge is 2.32. The van der Waals surface area contributed by atoms with Crippen LogP contribution in [0.25, 0.3) is 22.4 Å². The SMILES string of the molecule is COc1nc(-c2cccc(-c3cccc(NC(=O)c4cn(C)c(=O)n(C)c4=O)c3Cl)c2C)cc2c1[C@@H](NC[C@@H]1CCC(=O)N1)CO2. The van der Waals surface area contributed by atoms with E-state index in [2.05, 4.69) is 16.0 Å². The molecule has 1 fully saturated rings. The predicted molar refractivity (Wildman–Crippen MR) is 174 cm³/mol. The number of methoxy groups -OCH3 is 1. The lowest BCUT2D eigenvalue weighted by Gasteiger charge is -2.18. The molecular weight excluding hydrogens is 612 g/mol. The van der Waals surface area contributed by atoms with E-state index in [1.165, 1.54) is 24.9 Å². The summed E-state index contributed by atoms with van der Waals surface area (Å²) in [6, 6.07) is 12.9. The molecule has 0 aliphatic carbocycles. The average molecular weight is 645 g/mol. The topological polar surface area (TPSA) is 146 Å². The van der Waals surface area contributed by atoms with Crippen LogP contribution >= 0.6 is 11.6 Å². The molecular formula is C33H33ClN6O6. The molecule has 0 unspecified atom stereocenters. The molecule has 4 aromatic rings. The number of halogens is 1. The summed E-state index contributed by atoms with van der Waals surface area (Å²) in [7, 11) is 4.36. The van der Waals surface area contributed by atoms with E-state index in [0.29, 0.717) is 48.1 Å². The van der Waals surface area contributed by atoms with Crippen LogP contribution in [-0.2, 0) is 18.9 Å². The molecule has 2 aliphatic rings. The molecule has 0 bridgehead atoms. The summed E-state index contributed by atoms with van der Waals surface area (Å²) in [6.45, 7) is 2.99. The van der Waals surface area contributed by atoms with E-state index in [1.54, 1.807) is 19.2 Å². The molecule has 2 amide bonds. The highest BCUT2D eigenvalue weighted by molar-refractivity contribution is 6.36. The molecule has 0 radical (unpaired) electrons. The molecule has 2 aromatic carbocycles. The Hall–Kier alpha value is -4.94. The van der Waals surface area contributed by atoms with E-state index >= 15 is 0 Å². The number of fused-ring (bicyclic) bond motifs is 1. The number of carbonyl (C=O) groups is 2. The Kier molecular flexibility index (Phi) is 8.41. The normalized spacial score (nSPS) is 16.9. The van der Waals surface area contributed by atoms with Gasteiger partial charge in [-0.1, -0.05) is 41.9 Å². The molecule has 2 aromatic heterocycles. The third-order valence-corrected chi connectivity index (χ3v) is 8.87. The Morgan fingerprint density at radius 3 is 2.61 bits per heavy atom. The van der Waals surface area contributed by atoms with Crippen molar-refractivity contribution in [2.45, 2.75) is 31.8 Å². The van der Waals surface area contributed by atoms with Crippen molar-refractivity contribution < 1.29 is 19.1 Å². The summed E-state index contributed by atoms with van der Waals surface area (Å²) in [5.74, 6) is 0.514. The monoisotopic (exact) mass is 644 g/mol. The fourth-order valence-electron chi connectivity index (χ4n) is 5.97. The minimum atomic E-state index is -0.706. The third-order valence-electron chi connectivity index (χ3n) is 8.47. The predicted octanol–water partition coefficient (Wildman–Crippen LogP) is 3.34. The zero-order valence-electron chi connectivity index (χ0n) is 25.8. The second-order valence-corrected chi connectivity index (χ2v) is 11.8. The van der Waals surface area contributed by atoms with Crippen molar-refractivity contribution in [1.29, 1.82) is 0 Å². The highest BCUT2D eigenvalue weighted by Crippen LogP contribution is 2.43. The van der Waals surface area contributed by atoms with Gasteiger partial charge >= 0.3 is 5.69 Å². The first-order valence-corrected chi connectivity index (χ1v) is 15.2. The van der Waals surface area contributed by atoms with Crippen LogP contribution < -0.4 is 36.7 Å². The van der Waals surface area contributed by atoms with Gasteiger partial charge in [0.05, 0.1) is 35.1 Å². The number of hydrogen-bond acceptors (Lipinski definition) is 8. The van der Waals surface area contributed by atoms with Crippen molar-refractivity contribution in [3.05, 3.63) is 91.2 Å². The van der Waals surface area contributed by atoms with Gasteiger partial charge in [-0.25, -0.2) is 9.78 Å². The van der Waals surface area contributed by atoms with E-state index in [-0.39, 0.29) is 28.6 Å². The van der Waals surface area contributed by atoms with Gasteiger partial charge in [-0.05, 0) is 30.5 Å². The number of hydrogen-bond donors (Lipinski definition) is 3. The maximum absolute atomic E-state index is 13.1. The maximum Gasteiger partial charge on any atom is 0.330 e. The summed E-state index contributed by atoms with van der Waals surface area (Å²) in [6.07, 6.45) is 2.55. The summed E-state index contributed by atoms with van der Waals surface area (Å²) in [5.41, 5.74) is 3.58. The Morgan fingerprint density at radius 2 is 1.87 bits per heavy atom. The fourth-order valence-corrected chi connectivity index (χ4v) is 6.25. The van der Waals surface area contributed by atoms with E-state index < -0.39 is 17.2 Å². The lowest BCUT2D eigenvalue weighted by Crippen LogP contribution is -2.40. The molecule has 46 heavy (non-hydrogen) atoms. The number of aromatic nitrogens is 3. The van der Waals surface area contributed by atoms with E-state index in [9.17, 15) is 19.2 Å². The lowest BCUT2D eigenvalue weighted by molar-refractivity contribution is -0.119. The molecule has 238 valence electrons. The van der Waals surface area contributed by atoms with Crippen molar-refractivity contribution in [2.24, 2.45) is 14.1 Å². The molecule has 2 atom stereocenters. The summed E-state index contributed by atoms with van der Waals surface area (Å²) in [5, 5.41) is 9.47. The van der Waals surface area contributed by atoms with Gasteiger partial charge in [-0.2, -0.15) is 0 Å². The molecule has 1 saturated heterocycles. The number of carbonyl (C=O) groups excluding carboxylic acids is 2. The standard InChI is InChI=1S/C33H33ClN6O6/c1-17-19(21-9-6-10-23(29(21)34)37-30(42)22-15-39(2)33(44)40(3)32(22)43)7-5-8-20(17)24-13-26-28(31(38-24)45-4)25(16-46-26)35-14-18-11-12-27(41)36-18/h5-10,13,15,18,25,35H,11-12,14,16H2,1-4H3,(H,36,41)(H,37,42)/t18-,25-/m0/s1. The van der Waals surface area contributed by atoms with Crippen molar-refractivity contribution >= 4 is 29.1 Å². The Bertz CT molecular complexity index is 2000. The number of nitrogens with one attached hydrogen (secondary N) is 3. The number of rotatable bonds is 8. The van der Waals surface area contributed by atoms with Crippen molar-refractivity contribution in [3.8, 4) is 34.0 Å². The largest absolute Gasteiger partial charge is 0.491 e. The first-order chi connectivity index (χ1) is 22.1. The number of nitrogens with zero attached hydrogens (tertiary/aromatic N) is 3. The lowest BCUT2D eigenvalue weighted by atomic mass is 9.94. The number of pyridine rings is 1. The van der Waals surface area contributed by atoms with Crippen LogP contribution in [0.4, 0.5) is 5.69 Å². The number of aryl methyl sites for hydroxylation is 1. The number of ether oxygens (including phenoxy) is 2. The van der Waals surface area contributed by atoms with Crippen molar-refractivity contribution in [2.75, 3.05) is 25.6 Å². The van der Waals surface area contributed by atoms with Crippen LogP contribution in [0.15, 0.2) is 58.3 Å². The van der Waals surface area contributed by atoms with Gasteiger partial charge in [0.15, 0.2) is 0 Å². The summed E-state index contributed by atoms with van der Waals surface area (Å²) in [4.78, 5) is 54.2. The van der Waals surface area contributed by atoms with Crippen LogP contribution in [0.2, 0.25) is 5.02 Å². The molecule has 3 N–H and O–H groups in total. The quantitative estimate of drug-likeness (QED) is 0.265. The van der Waals surface area contributed by atoms with E-state index in [0.717, 1.165) is 33.2 Å². The van der Waals surface area contributed by atoms with Gasteiger partial charge in [-0.3, -0.25) is 19.0 Å². The fraction of sp³-hybridized carbons (Fsp3) is 0.303. The minimum absolute atomic E-state index is 0.0718. The maximum atomic E-state index is 13.1. The smallest absolute Gasteiger partial charge is 0.330 e. The number of amides is 2.